The zero-order valence-electron chi connectivity index (χ0n) is 12.1. The molecule has 0 aliphatic carbocycles. The zero-order valence-corrected chi connectivity index (χ0v) is 13.7. The fourth-order valence-electron chi connectivity index (χ4n) is 1.69. The highest BCUT2D eigenvalue weighted by Gasteiger charge is 2.11. The summed E-state index contributed by atoms with van der Waals surface area (Å²) >= 11 is 5.76. The second kappa shape index (κ2) is 7.30. The summed E-state index contributed by atoms with van der Waals surface area (Å²) in [6, 6.07) is 12.4. The Kier molecular flexibility index (Phi) is 5.41. The highest BCUT2D eigenvalue weighted by Crippen LogP contribution is 2.17. The van der Waals surface area contributed by atoms with Crippen LogP contribution in [0.25, 0.3) is 6.08 Å². The molecule has 0 radical (unpaired) electrons. The van der Waals surface area contributed by atoms with Crippen molar-refractivity contribution in [2.75, 3.05) is 7.11 Å². The van der Waals surface area contributed by atoms with E-state index in [9.17, 15) is 13.2 Å². The Morgan fingerprint density at radius 3 is 2.48 bits per heavy atom. The maximum atomic E-state index is 11.9. The molecule has 0 amide bonds. The molecule has 0 saturated carbocycles. The van der Waals surface area contributed by atoms with Crippen LogP contribution in [0.2, 0.25) is 5.02 Å². The molecule has 0 unspecified atom stereocenters. The predicted molar refractivity (Wildman–Crippen MR) is 87.8 cm³/mol. The van der Waals surface area contributed by atoms with Crippen molar-refractivity contribution < 1.29 is 22.1 Å². The number of hydrogen-bond acceptors (Lipinski definition) is 5. The van der Waals surface area contributed by atoms with Gasteiger partial charge in [-0.15, -0.1) is 0 Å². The normalized spacial score (nSPS) is 11.4. The average molecular weight is 353 g/mol. The average Bonchev–Trinajstić information content (AvgIpc) is 2.53. The van der Waals surface area contributed by atoms with Crippen molar-refractivity contribution in [2.45, 2.75) is 0 Å². The number of benzene rings is 2. The van der Waals surface area contributed by atoms with Gasteiger partial charge in [0, 0.05) is 5.02 Å². The SMILES string of the molecule is COC(=O)c1cccc(OS(=O)(=O)C=Cc2ccc(Cl)cc2)c1. The summed E-state index contributed by atoms with van der Waals surface area (Å²) in [7, 11) is -2.72. The lowest BCUT2D eigenvalue weighted by molar-refractivity contribution is 0.0600. The molecule has 0 heterocycles. The molecule has 2 aromatic carbocycles. The van der Waals surface area contributed by atoms with Gasteiger partial charge in [-0.3, -0.25) is 0 Å². The maximum Gasteiger partial charge on any atom is 0.337 e. The van der Waals surface area contributed by atoms with Crippen molar-refractivity contribution in [1.29, 1.82) is 0 Å². The van der Waals surface area contributed by atoms with Crippen LogP contribution in [-0.4, -0.2) is 21.5 Å². The van der Waals surface area contributed by atoms with Crippen molar-refractivity contribution in [1.82, 2.24) is 0 Å². The van der Waals surface area contributed by atoms with E-state index < -0.39 is 16.1 Å². The van der Waals surface area contributed by atoms with Gasteiger partial charge < -0.3 is 8.92 Å². The monoisotopic (exact) mass is 352 g/mol. The Labute approximate surface area is 139 Å². The van der Waals surface area contributed by atoms with Gasteiger partial charge in [0.1, 0.15) is 5.75 Å². The molecule has 0 N–H and O–H groups in total. The van der Waals surface area contributed by atoms with E-state index in [0.717, 1.165) is 5.41 Å². The van der Waals surface area contributed by atoms with Crippen LogP contribution >= 0.6 is 11.6 Å². The molecule has 0 spiro atoms. The van der Waals surface area contributed by atoms with Gasteiger partial charge in [-0.05, 0) is 42.0 Å². The number of hydrogen-bond donors (Lipinski definition) is 0. The second-order valence-electron chi connectivity index (χ2n) is 4.45. The van der Waals surface area contributed by atoms with Crippen molar-refractivity contribution in [3.8, 4) is 5.75 Å². The standard InChI is InChI=1S/C16H13ClO5S/c1-21-16(18)13-3-2-4-15(11-13)22-23(19,20)10-9-12-5-7-14(17)8-6-12/h2-11H,1H3. The molecule has 0 fully saturated rings. The van der Waals surface area contributed by atoms with E-state index in [1.165, 1.54) is 37.5 Å². The fraction of sp³-hybridized carbons (Fsp3) is 0.0625. The third-order valence-corrected chi connectivity index (χ3v) is 3.91. The van der Waals surface area contributed by atoms with E-state index in [0.29, 0.717) is 10.6 Å². The Morgan fingerprint density at radius 1 is 1.13 bits per heavy atom. The first kappa shape index (κ1) is 17.1. The number of halogens is 1. The van der Waals surface area contributed by atoms with Gasteiger partial charge in [0.05, 0.1) is 18.1 Å². The summed E-state index contributed by atoms with van der Waals surface area (Å²) in [5, 5.41) is 1.49. The van der Waals surface area contributed by atoms with E-state index in [1.54, 1.807) is 24.3 Å². The minimum Gasteiger partial charge on any atom is -0.465 e. The van der Waals surface area contributed by atoms with E-state index in [4.69, 9.17) is 15.8 Å². The molecule has 120 valence electrons. The minimum atomic E-state index is -3.96. The van der Waals surface area contributed by atoms with Crippen LogP contribution in [0.4, 0.5) is 0 Å². The molecular formula is C16H13ClO5S. The third-order valence-electron chi connectivity index (χ3n) is 2.76. The molecule has 7 heteroatoms. The van der Waals surface area contributed by atoms with Gasteiger partial charge in [0.2, 0.25) is 0 Å². The lowest BCUT2D eigenvalue weighted by atomic mass is 10.2. The Bertz CT molecular complexity index is 826. The van der Waals surface area contributed by atoms with E-state index >= 15 is 0 Å². The van der Waals surface area contributed by atoms with Gasteiger partial charge in [-0.25, -0.2) is 4.79 Å². The van der Waals surface area contributed by atoms with Crippen LogP contribution in [0.15, 0.2) is 53.9 Å². The smallest absolute Gasteiger partial charge is 0.337 e. The van der Waals surface area contributed by atoms with Crippen LogP contribution in [-0.2, 0) is 14.9 Å². The molecular weight excluding hydrogens is 340 g/mol. The van der Waals surface area contributed by atoms with Gasteiger partial charge >= 0.3 is 16.1 Å². The Morgan fingerprint density at radius 2 is 1.83 bits per heavy atom. The number of carbonyl (C=O) groups is 1. The summed E-state index contributed by atoms with van der Waals surface area (Å²) in [5.41, 5.74) is 0.853. The van der Waals surface area contributed by atoms with Gasteiger partial charge in [-0.2, -0.15) is 8.42 Å². The third kappa shape index (κ3) is 5.12. The fourth-order valence-corrected chi connectivity index (χ4v) is 2.57. The predicted octanol–water partition coefficient (Wildman–Crippen LogP) is 3.51. The van der Waals surface area contributed by atoms with E-state index in [-0.39, 0.29) is 11.3 Å². The van der Waals surface area contributed by atoms with Crippen LogP contribution < -0.4 is 4.18 Å². The highest BCUT2D eigenvalue weighted by atomic mass is 35.5. The molecule has 2 rings (SSSR count). The second-order valence-corrected chi connectivity index (χ2v) is 6.31. The van der Waals surface area contributed by atoms with Gasteiger partial charge in [0.25, 0.3) is 0 Å². The quantitative estimate of drug-likeness (QED) is 0.608. The first-order valence-corrected chi connectivity index (χ1v) is 8.31. The molecule has 2 aromatic rings. The summed E-state index contributed by atoms with van der Waals surface area (Å²) in [4.78, 5) is 11.4. The number of carbonyl (C=O) groups excluding carboxylic acids is 1. The summed E-state index contributed by atoms with van der Waals surface area (Å²) in [5.74, 6) is -0.557. The van der Waals surface area contributed by atoms with Crippen LogP contribution in [0.5, 0.6) is 5.75 Å². The molecule has 0 aliphatic heterocycles. The topological polar surface area (TPSA) is 69.7 Å². The van der Waals surface area contributed by atoms with Crippen molar-refractivity contribution in [3.05, 3.63) is 70.1 Å². The maximum absolute atomic E-state index is 11.9. The lowest BCUT2D eigenvalue weighted by Crippen LogP contribution is -2.06. The minimum absolute atomic E-state index is 0.0219. The molecule has 0 atom stereocenters. The first-order chi connectivity index (χ1) is 10.9. The van der Waals surface area contributed by atoms with Crippen LogP contribution in [0.1, 0.15) is 15.9 Å². The van der Waals surface area contributed by atoms with Crippen molar-refractivity contribution in [3.63, 3.8) is 0 Å². The molecule has 0 aliphatic rings. The number of esters is 1. The molecule has 0 saturated heterocycles. The largest absolute Gasteiger partial charge is 0.465 e. The van der Waals surface area contributed by atoms with Gasteiger partial charge in [-0.1, -0.05) is 29.8 Å². The summed E-state index contributed by atoms with van der Waals surface area (Å²) in [6.07, 6.45) is 1.38. The number of ether oxygens (including phenoxy) is 1. The zero-order chi connectivity index (χ0) is 16.9. The van der Waals surface area contributed by atoms with Crippen molar-refractivity contribution in [2.24, 2.45) is 0 Å². The van der Waals surface area contributed by atoms with Crippen LogP contribution in [0, 0.1) is 0 Å². The Balaban J connectivity index is 2.15. The molecule has 5 nitrogen and oxygen atoms in total. The summed E-state index contributed by atoms with van der Waals surface area (Å²) < 4.78 is 33.4. The number of rotatable bonds is 5. The molecule has 0 aromatic heterocycles. The van der Waals surface area contributed by atoms with E-state index in [2.05, 4.69) is 4.74 Å². The van der Waals surface area contributed by atoms with Crippen LogP contribution in [0.3, 0.4) is 0 Å². The molecule has 0 bridgehead atoms. The first-order valence-electron chi connectivity index (χ1n) is 6.46. The summed E-state index contributed by atoms with van der Waals surface area (Å²) in [6.45, 7) is 0. The highest BCUT2D eigenvalue weighted by molar-refractivity contribution is 7.90. The lowest BCUT2D eigenvalue weighted by Gasteiger charge is -2.05. The van der Waals surface area contributed by atoms with Gasteiger partial charge in [0.15, 0.2) is 0 Å². The Hall–Kier alpha value is -2.31. The van der Waals surface area contributed by atoms with Crippen molar-refractivity contribution >= 4 is 33.8 Å². The number of methoxy groups -OCH3 is 1. The van der Waals surface area contributed by atoms with E-state index in [1.807, 2.05) is 0 Å². The molecule has 23 heavy (non-hydrogen) atoms.